The summed E-state index contributed by atoms with van der Waals surface area (Å²) >= 11 is 0. The van der Waals surface area contributed by atoms with Crippen LogP contribution in [0.5, 0.6) is 0 Å². The molecule has 5 nitrogen and oxygen atoms in total. The van der Waals surface area contributed by atoms with Crippen molar-refractivity contribution in [2.45, 2.75) is 58.0 Å². The molecular formula is C13H27IN4O. The normalized spacial score (nSPS) is 16.7. The first-order valence-corrected chi connectivity index (χ1v) is 6.88. The quantitative estimate of drug-likeness (QED) is 0.393. The minimum Gasteiger partial charge on any atom is -0.354 e. The second-order valence-corrected chi connectivity index (χ2v) is 5.13. The van der Waals surface area contributed by atoms with E-state index < -0.39 is 0 Å². The maximum atomic E-state index is 11.8. The molecule has 1 rings (SSSR count). The van der Waals surface area contributed by atoms with Gasteiger partial charge in [-0.3, -0.25) is 9.79 Å². The van der Waals surface area contributed by atoms with E-state index in [1.807, 2.05) is 13.8 Å². The highest BCUT2D eigenvalue weighted by atomic mass is 127. The van der Waals surface area contributed by atoms with Crippen LogP contribution < -0.4 is 16.0 Å². The molecule has 1 aliphatic rings. The van der Waals surface area contributed by atoms with E-state index in [1.165, 1.54) is 19.3 Å². The number of rotatable bonds is 4. The number of amides is 1. The predicted octanol–water partition coefficient (Wildman–Crippen LogP) is 1.63. The summed E-state index contributed by atoms with van der Waals surface area (Å²) in [7, 11) is 1.71. The molecule has 0 aliphatic heterocycles. The largest absolute Gasteiger partial charge is 0.354 e. The standard InChI is InChI=1S/C13H26N4O.HI/c1-10(2)16-13(14-3)15-9-12(18)17-11-7-5-4-6-8-11;/h10-11H,4-9H2,1-3H3,(H,17,18)(H2,14,15,16);1H. The summed E-state index contributed by atoms with van der Waals surface area (Å²) in [4.78, 5) is 15.8. The van der Waals surface area contributed by atoms with Crippen molar-refractivity contribution < 1.29 is 4.79 Å². The van der Waals surface area contributed by atoms with Gasteiger partial charge in [0.1, 0.15) is 0 Å². The Morgan fingerprint density at radius 1 is 1.26 bits per heavy atom. The molecule has 0 aromatic rings. The summed E-state index contributed by atoms with van der Waals surface area (Å²) < 4.78 is 0. The van der Waals surface area contributed by atoms with E-state index in [0.717, 1.165) is 12.8 Å². The van der Waals surface area contributed by atoms with E-state index in [0.29, 0.717) is 18.0 Å². The van der Waals surface area contributed by atoms with Gasteiger partial charge in [0.2, 0.25) is 5.91 Å². The van der Waals surface area contributed by atoms with Crippen LogP contribution in [0.2, 0.25) is 0 Å². The van der Waals surface area contributed by atoms with Crippen LogP contribution in [-0.4, -0.2) is 37.5 Å². The second-order valence-electron chi connectivity index (χ2n) is 5.13. The van der Waals surface area contributed by atoms with Crippen LogP contribution in [0.3, 0.4) is 0 Å². The fourth-order valence-corrected chi connectivity index (χ4v) is 2.16. The highest BCUT2D eigenvalue weighted by Crippen LogP contribution is 2.16. The van der Waals surface area contributed by atoms with Crippen LogP contribution in [0.25, 0.3) is 0 Å². The van der Waals surface area contributed by atoms with Gasteiger partial charge in [0, 0.05) is 19.1 Å². The van der Waals surface area contributed by atoms with E-state index in [4.69, 9.17) is 0 Å². The first-order valence-electron chi connectivity index (χ1n) is 6.88. The number of aliphatic imine (C=N–C) groups is 1. The molecule has 1 saturated carbocycles. The van der Waals surface area contributed by atoms with E-state index in [2.05, 4.69) is 20.9 Å². The van der Waals surface area contributed by atoms with E-state index in [9.17, 15) is 4.79 Å². The number of nitrogens with one attached hydrogen (secondary N) is 3. The van der Waals surface area contributed by atoms with Crippen molar-refractivity contribution in [3.05, 3.63) is 0 Å². The Morgan fingerprint density at radius 2 is 1.89 bits per heavy atom. The first kappa shape index (κ1) is 18.5. The number of nitrogens with zero attached hydrogens (tertiary/aromatic N) is 1. The molecule has 0 spiro atoms. The van der Waals surface area contributed by atoms with Gasteiger partial charge in [-0.15, -0.1) is 24.0 Å². The highest BCUT2D eigenvalue weighted by Gasteiger charge is 2.15. The van der Waals surface area contributed by atoms with E-state index in [-0.39, 0.29) is 36.4 Å². The lowest BCUT2D eigenvalue weighted by molar-refractivity contribution is -0.120. The van der Waals surface area contributed by atoms with Crippen LogP contribution in [-0.2, 0) is 4.79 Å². The molecule has 1 amide bonds. The number of carbonyl (C=O) groups excluding carboxylic acids is 1. The van der Waals surface area contributed by atoms with E-state index >= 15 is 0 Å². The maximum Gasteiger partial charge on any atom is 0.239 e. The lowest BCUT2D eigenvalue weighted by atomic mass is 9.95. The van der Waals surface area contributed by atoms with Crippen molar-refractivity contribution in [3.63, 3.8) is 0 Å². The summed E-state index contributed by atoms with van der Waals surface area (Å²) in [5, 5.41) is 9.23. The van der Waals surface area contributed by atoms with Gasteiger partial charge >= 0.3 is 0 Å². The third-order valence-electron chi connectivity index (χ3n) is 3.04. The molecule has 6 heteroatoms. The molecule has 1 aliphatic carbocycles. The van der Waals surface area contributed by atoms with Crippen molar-refractivity contribution >= 4 is 35.8 Å². The Balaban J connectivity index is 0.00000324. The number of hydrogen-bond acceptors (Lipinski definition) is 2. The highest BCUT2D eigenvalue weighted by molar-refractivity contribution is 14.0. The van der Waals surface area contributed by atoms with Gasteiger partial charge in [-0.1, -0.05) is 19.3 Å². The molecule has 0 heterocycles. The minimum absolute atomic E-state index is 0. The Morgan fingerprint density at radius 3 is 2.42 bits per heavy atom. The Hall–Kier alpha value is -0.530. The smallest absolute Gasteiger partial charge is 0.239 e. The summed E-state index contributed by atoms with van der Waals surface area (Å²) in [5.74, 6) is 0.720. The molecule has 0 radical (unpaired) electrons. The van der Waals surface area contributed by atoms with Crippen molar-refractivity contribution in [1.82, 2.24) is 16.0 Å². The van der Waals surface area contributed by atoms with Crippen LogP contribution in [0.1, 0.15) is 46.0 Å². The third kappa shape index (κ3) is 8.28. The number of halogens is 1. The lowest BCUT2D eigenvalue weighted by Gasteiger charge is -2.23. The zero-order valence-electron chi connectivity index (χ0n) is 12.2. The summed E-state index contributed by atoms with van der Waals surface area (Å²) in [6.45, 7) is 4.35. The number of hydrogen-bond donors (Lipinski definition) is 3. The molecule has 0 saturated heterocycles. The monoisotopic (exact) mass is 382 g/mol. The molecular weight excluding hydrogens is 355 g/mol. The van der Waals surface area contributed by atoms with Crippen molar-refractivity contribution in [2.75, 3.05) is 13.6 Å². The molecule has 1 fully saturated rings. The van der Waals surface area contributed by atoms with Crippen LogP contribution in [0, 0.1) is 0 Å². The number of carbonyl (C=O) groups is 1. The molecule has 0 atom stereocenters. The van der Waals surface area contributed by atoms with Crippen molar-refractivity contribution in [1.29, 1.82) is 0 Å². The van der Waals surface area contributed by atoms with E-state index in [1.54, 1.807) is 7.05 Å². The zero-order chi connectivity index (χ0) is 13.4. The van der Waals surface area contributed by atoms with Gasteiger partial charge in [-0.2, -0.15) is 0 Å². The molecule has 3 N–H and O–H groups in total. The molecule has 19 heavy (non-hydrogen) atoms. The van der Waals surface area contributed by atoms with Gasteiger partial charge in [0.05, 0.1) is 6.54 Å². The van der Waals surface area contributed by atoms with Gasteiger partial charge in [0.15, 0.2) is 5.96 Å². The maximum absolute atomic E-state index is 11.8. The molecule has 0 bridgehead atoms. The number of guanidine groups is 1. The Labute approximate surface area is 133 Å². The molecule has 0 aromatic heterocycles. The molecule has 112 valence electrons. The zero-order valence-corrected chi connectivity index (χ0v) is 14.5. The van der Waals surface area contributed by atoms with Crippen LogP contribution in [0.4, 0.5) is 0 Å². The van der Waals surface area contributed by atoms with Crippen molar-refractivity contribution in [3.8, 4) is 0 Å². The molecule has 0 aromatic carbocycles. The lowest BCUT2D eigenvalue weighted by Crippen LogP contribution is -2.47. The minimum atomic E-state index is 0. The van der Waals surface area contributed by atoms with Crippen molar-refractivity contribution in [2.24, 2.45) is 4.99 Å². The third-order valence-corrected chi connectivity index (χ3v) is 3.04. The molecule has 0 unspecified atom stereocenters. The predicted molar refractivity (Wildman–Crippen MR) is 90.1 cm³/mol. The average Bonchev–Trinajstić information content (AvgIpc) is 2.35. The summed E-state index contributed by atoms with van der Waals surface area (Å²) in [5.41, 5.74) is 0. The Bertz CT molecular complexity index is 288. The fraction of sp³-hybridized carbons (Fsp3) is 0.846. The first-order chi connectivity index (χ1) is 8.61. The second kappa shape index (κ2) is 10.3. The van der Waals surface area contributed by atoms with Gasteiger partial charge < -0.3 is 16.0 Å². The van der Waals surface area contributed by atoms with Crippen LogP contribution >= 0.6 is 24.0 Å². The van der Waals surface area contributed by atoms with Gasteiger partial charge in [-0.25, -0.2) is 0 Å². The van der Waals surface area contributed by atoms with Gasteiger partial charge in [0.25, 0.3) is 0 Å². The van der Waals surface area contributed by atoms with Gasteiger partial charge in [-0.05, 0) is 26.7 Å². The SMILES string of the molecule is CN=C(NCC(=O)NC1CCCCC1)NC(C)C.I. The van der Waals surface area contributed by atoms with Crippen LogP contribution in [0.15, 0.2) is 4.99 Å². The topological polar surface area (TPSA) is 65.5 Å². The fourth-order valence-electron chi connectivity index (χ4n) is 2.16. The average molecular weight is 382 g/mol. The summed E-state index contributed by atoms with van der Waals surface area (Å²) in [6.07, 6.45) is 5.99. The Kier molecular flexibility index (Phi) is 9.99. The summed E-state index contributed by atoms with van der Waals surface area (Å²) in [6, 6.07) is 0.672.